The second-order valence-corrected chi connectivity index (χ2v) is 6.15. The summed E-state index contributed by atoms with van der Waals surface area (Å²) in [7, 11) is 1.60. The first kappa shape index (κ1) is 23.4. The second-order valence-electron chi connectivity index (χ2n) is 6.15. The van der Waals surface area contributed by atoms with E-state index >= 15 is 0 Å². The first-order valence-electron chi connectivity index (χ1n) is 9.32. The molecule has 156 valence electrons. The van der Waals surface area contributed by atoms with Crippen LogP contribution in [0.25, 0.3) is 0 Å². The number of nitrogens with two attached hydrogens (primary N) is 2. The summed E-state index contributed by atoms with van der Waals surface area (Å²) in [6.45, 7) is 3.76. The van der Waals surface area contributed by atoms with Gasteiger partial charge in [0.25, 0.3) is 5.91 Å². The number of unbranched alkanes of at least 4 members (excludes halogenated alkanes) is 1. The van der Waals surface area contributed by atoms with Gasteiger partial charge in [0.15, 0.2) is 5.96 Å². The molecule has 0 fully saturated rings. The van der Waals surface area contributed by atoms with Crippen molar-refractivity contribution in [3.8, 4) is 0 Å². The average Bonchev–Trinajstić information content (AvgIpc) is 2.67. The van der Waals surface area contributed by atoms with Gasteiger partial charge in [0.1, 0.15) is 6.04 Å². The molecule has 0 saturated heterocycles. The summed E-state index contributed by atoms with van der Waals surface area (Å²) in [5.41, 5.74) is 11.6. The summed E-state index contributed by atoms with van der Waals surface area (Å²) in [4.78, 5) is 28.8. The summed E-state index contributed by atoms with van der Waals surface area (Å²) in [5.74, 6) is -0.613. The van der Waals surface area contributed by atoms with Crippen LogP contribution in [0.3, 0.4) is 0 Å². The molecule has 1 unspecified atom stereocenters. The first-order chi connectivity index (χ1) is 13.5. The van der Waals surface area contributed by atoms with Gasteiger partial charge in [0.05, 0.1) is 25.5 Å². The fraction of sp³-hybridized carbons (Fsp3) is 0.526. The number of aliphatic imine (C=N–C) groups is 1. The number of ether oxygens (including phenoxy) is 2. The van der Waals surface area contributed by atoms with Gasteiger partial charge in [0.2, 0.25) is 5.91 Å². The van der Waals surface area contributed by atoms with Crippen LogP contribution in [0, 0.1) is 0 Å². The van der Waals surface area contributed by atoms with Gasteiger partial charge in [-0.25, -0.2) is 4.99 Å². The summed E-state index contributed by atoms with van der Waals surface area (Å²) in [6.07, 6.45) is 2.31. The maximum atomic E-state index is 12.5. The van der Waals surface area contributed by atoms with Crippen LogP contribution in [0.2, 0.25) is 0 Å². The molecule has 6 N–H and O–H groups in total. The molecule has 0 heterocycles. The number of hydrogen-bond acceptors (Lipinski definition) is 5. The van der Waals surface area contributed by atoms with Gasteiger partial charge in [-0.15, -0.1) is 0 Å². The van der Waals surface area contributed by atoms with Crippen molar-refractivity contribution in [1.82, 2.24) is 10.6 Å². The van der Waals surface area contributed by atoms with Crippen LogP contribution in [0.4, 0.5) is 5.69 Å². The normalized spacial score (nSPS) is 11.5. The van der Waals surface area contributed by atoms with Crippen molar-refractivity contribution in [1.29, 1.82) is 0 Å². The fourth-order valence-electron chi connectivity index (χ4n) is 2.37. The Balaban J connectivity index is 2.59. The van der Waals surface area contributed by atoms with Crippen LogP contribution in [0.5, 0.6) is 0 Å². The topological polar surface area (TPSA) is 141 Å². The number of methoxy groups -OCH3 is 1. The van der Waals surface area contributed by atoms with Crippen LogP contribution >= 0.6 is 0 Å². The van der Waals surface area contributed by atoms with Gasteiger partial charge >= 0.3 is 0 Å². The summed E-state index contributed by atoms with van der Waals surface area (Å²) >= 11 is 0. The van der Waals surface area contributed by atoms with E-state index in [1.54, 1.807) is 31.4 Å². The number of nitrogens with zero attached hydrogens (tertiary/aromatic N) is 1. The largest absolute Gasteiger partial charge is 0.382 e. The average molecular weight is 393 g/mol. The summed E-state index contributed by atoms with van der Waals surface area (Å²) < 4.78 is 10.2. The summed E-state index contributed by atoms with van der Waals surface area (Å²) in [6, 6.07) is 5.87. The Kier molecular flexibility index (Phi) is 11.3. The van der Waals surface area contributed by atoms with Crippen LogP contribution < -0.4 is 22.1 Å². The predicted molar refractivity (Wildman–Crippen MR) is 108 cm³/mol. The minimum atomic E-state index is -0.608. The third-order valence-corrected chi connectivity index (χ3v) is 3.83. The number of guanidine groups is 1. The van der Waals surface area contributed by atoms with E-state index < -0.39 is 6.04 Å². The molecule has 1 aromatic rings. The van der Waals surface area contributed by atoms with E-state index in [0.717, 1.165) is 12.8 Å². The molecular formula is C19H31N5O4. The van der Waals surface area contributed by atoms with E-state index in [9.17, 15) is 9.59 Å². The molecule has 0 aliphatic heterocycles. The fourth-order valence-corrected chi connectivity index (χ4v) is 2.37. The molecule has 1 atom stereocenters. The van der Waals surface area contributed by atoms with Crippen molar-refractivity contribution >= 4 is 23.5 Å². The molecule has 0 aliphatic carbocycles. The van der Waals surface area contributed by atoms with Crippen molar-refractivity contribution in [2.45, 2.75) is 32.2 Å². The van der Waals surface area contributed by atoms with E-state index in [1.165, 1.54) is 0 Å². The Labute approximate surface area is 165 Å². The Hall–Kier alpha value is -2.65. The number of nitrogens with one attached hydrogen (secondary N) is 2. The first-order valence-corrected chi connectivity index (χ1v) is 9.32. The zero-order valence-electron chi connectivity index (χ0n) is 16.6. The standard InChI is InChI=1S/C19H31N5O4/c1-3-4-5-16(18(26)22-10-11-28-13-12-27-2)24-17(25)14-6-8-15(9-7-14)23-19(20)21/h6-9,16H,3-5,10-13H2,1-2H3,(H,22,26)(H,24,25)(H4,20,21,23). The van der Waals surface area contributed by atoms with Gasteiger partial charge in [-0.1, -0.05) is 19.8 Å². The Morgan fingerprint density at radius 3 is 2.46 bits per heavy atom. The second kappa shape index (κ2) is 13.5. The molecule has 0 spiro atoms. The Morgan fingerprint density at radius 2 is 1.86 bits per heavy atom. The third-order valence-electron chi connectivity index (χ3n) is 3.83. The molecule has 0 aromatic heterocycles. The predicted octanol–water partition coefficient (Wildman–Crippen LogP) is 0.659. The molecular weight excluding hydrogens is 362 g/mol. The van der Waals surface area contributed by atoms with Gasteiger partial charge in [-0.2, -0.15) is 0 Å². The molecule has 2 amide bonds. The van der Waals surface area contributed by atoms with E-state index in [0.29, 0.717) is 44.0 Å². The number of benzene rings is 1. The highest BCUT2D eigenvalue weighted by atomic mass is 16.5. The number of rotatable bonds is 13. The molecule has 9 nitrogen and oxygen atoms in total. The van der Waals surface area contributed by atoms with Gasteiger partial charge in [-0.05, 0) is 30.7 Å². The number of carbonyl (C=O) groups is 2. The number of hydrogen-bond donors (Lipinski definition) is 4. The van der Waals surface area contributed by atoms with E-state index in [4.69, 9.17) is 20.9 Å². The molecule has 9 heteroatoms. The SMILES string of the molecule is CCCCC(NC(=O)c1ccc(N=C(N)N)cc1)C(=O)NCCOCCOC. The van der Waals surface area contributed by atoms with Gasteiger partial charge in [-0.3, -0.25) is 9.59 Å². The van der Waals surface area contributed by atoms with E-state index in [1.807, 2.05) is 6.92 Å². The highest BCUT2D eigenvalue weighted by molar-refractivity contribution is 5.97. The maximum absolute atomic E-state index is 12.5. The lowest BCUT2D eigenvalue weighted by atomic mass is 10.1. The molecule has 1 rings (SSSR count). The summed E-state index contributed by atoms with van der Waals surface area (Å²) in [5, 5.41) is 5.58. The lowest BCUT2D eigenvalue weighted by Crippen LogP contribution is -2.47. The third kappa shape index (κ3) is 9.33. The lowest BCUT2D eigenvalue weighted by molar-refractivity contribution is -0.123. The highest BCUT2D eigenvalue weighted by Crippen LogP contribution is 2.13. The van der Waals surface area contributed by atoms with Gasteiger partial charge < -0.3 is 31.6 Å². The lowest BCUT2D eigenvalue weighted by Gasteiger charge is -2.18. The highest BCUT2D eigenvalue weighted by Gasteiger charge is 2.20. The van der Waals surface area contributed by atoms with Crippen LogP contribution in [-0.4, -0.2) is 57.3 Å². The van der Waals surface area contributed by atoms with E-state index in [2.05, 4.69) is 15.6 Å². The van der Waals surface area contributed by atoms with Gasteiger partial charge in [0, 0.05) is 19.2 Å². The minimum absolute atomic E-state index is 0.0558. The maximum Gasteiger partial charge on any atom is 0.251 e. The van der Waals surface area contributed by atoms with E-state index in [-0.39, 0.29) is 17.8 Å². The smallest absolute Gasteiger partial charge is 0.251 e. The van der Waals surface area contributed by atoms with Crippen molar-refractivity contribution in [2.24, 2.45) is 16.5 Å². The van der Waals surface area contributed by atoms with Crippen molar-refractivity contribution < 1.29 is 19.1 Å². The van der Waals surface area contributed by atoms with Crippen molar-refractivity contribution in [3.05, 3.63) is 29.8 Å². The Morgan fingerprint density at radius 1 is 1.14 bits per heavy atom. The number of amides is 2. The minimum Gasteiger partial charge on any atom is -0.382 e. The molecule has 0 aliphatic rings. The van der Waals surface area contributed by atoms with Crippen LogP contribution in [0.1, 0.15) is 36.5 Å². The number of carbonyl (C=O) groups excluding carboxylic acids is 2. The quantitative estimate of drug-likeness (QED) is 0.220. The monoisotopic (exact) mass is 393 g/mol. The zero-order chi connectivity index (χ0) is 20.8. The molecule has 0 radical (unpaired) electrons. The van der Waals surface area contributed by atoms with Crippen LogP contribution in [0.15, 0.2) is 29.3 Å². The van der Waals surface area contributed by atoms with Crippen molar-refractivity contribution in [3.63, 3.8) is 0 Å². The van der Waals surface area contributed by atoms with Crippen LogP contribution in [-0.2, 0) is 14.3 Å². The Bertz CT molecular complexity index is 630. The van der Waals surface area contributed by atoms with Crippen molar-refractivity contribution in [2.75, 3.05) is 33.5 Å². The zero-order valence-corrected chi connectivity index (χ0v) is 16.6. The molecule has 0 bridgehead atoms. The molecule has 0 saturated carbocycles. The molecule has 1 aromatic carbocycles. The molecule has 28 heavy (non-hydrogen) atoms.